The van der Waals surface area contributed by atoms with Crippen molar-refractivity contribution < 1.29 is 22.8 Å². The molecule has 10 heteroatoms. The SMILES string of the molecule is Cc1cccc2c(=O)n(OC(=O)C(F)(F)F)c(CSC3CCNCC3)nc12. The molecule has 1 aromatic heterocycles. The lowest BCUT2D eigenvalue weighted by Crippen LogP contribution is -2.40. The van der Waals surface area contributed by atoms with E-state index in [4.69, 9.17) is 0 Å². The minimum atomic E-state index is -5.21. The van der Waals surface area contributed by atoms with Crippen LogP contribution in [-0.2, 0) is 10.5 Å². The number of nitrogens with zero attached hydrogens (tertiary/aromatic N) is 2. The predicted octanol–water partition coefficient (Wildman–Crippen LogP) is 2.21. The molecule has 1 fully saturated rings. The summed E-state index contributed by atoms with van der Waals surface area (Å²) in [6.07, 6.45) is -3.39. The van der Waals surface area contributed by atoms with Gasteiger partial charge in [0.25, 0.3) is 5.56 Å². The molecule has 3 rings (SSSR count). The van der Waals surface area contributed by atoms with E-state index in [2.05, 4.69) is 15.1 Å². The van der Waals surface area contributed by atoms with Crippen molar-refractivity contribution >= 4 is 28.6 Å². The third-order valence-corrected chi connectivity index (χ3v) is 5.64. The van der Waals surface area contributed by atoms with E-state index in [9.17, 15) is 22.8 Å². The van der Waals surface area contributed by atoms with Crippen LogP contribution in [0.5, 0.6) is 0 Å². The average molecular weight is 401 g/mol. The van der Waals surface area contributed by atoms with Gasteiger partial charge >= 0.3 is 12.1 Å². The highest BCUT2D eigenvalue weighted by Crippen LogP contribution is 2.24. The van der Waals surface area contributed by atoms with E-state index >= 15 is 0 Å². The third kappa shape index (κ3) is 4.44. The van der Waals surface area contributed by atoms with E-state index in [-0.39, 0.29) is 17.0 Å². The number of fused-ring (bicyclic) bond motifs is 1. The molecule has 0 aliphatic carbocycles. The monoisotopic (exact) mass is 401 g/mol. The third-order valence-electron chi connectivity index (χ3n) is 4.27. The highest BCUT2D eigenvalue weighted by Gasteiger charge is 2.42. The van der Waals surface area contributed by atoms with Gasteiger partial charge in [-0.15, -0.1) is 4.73 Å². The number of para-hydroxylation sites is 1. The summed E-state index contributed by atoms with van der Waals surface area (Å²) in [6, 6.07) is 4.80. The normalized spacial score (nSPS) is 15.9. The van der Waals surface area contributed by atoms with Crippen LogP contribution >= 0.6 is 11.8 Å². The maximum Gasteiger partial charge on any atom is 0.493 e. The van der Waals surface area contributed by atoms with Crippen LogP contribution in [0.25, 0.3) is 10.9 Å². The van der Waals surface area contributed by atoms with Crippen molar-refractivity contribution in [2.24, 2.45) is 0 Å². The number of alkyl halides is 3. The maximum atomic E-state index is 12.7. The first-order valence-electron chi connectivity index (χ1n) is 8.40. The van der Waals surface area contributed by atoms with Gasteiger partial charge in [-0.1, -0.05) is 12.1 Å². The van der Waals surface area contributed by atoms with Crippen molar-refractivity contribution in [3.63, 3.8) is 0 Å². The van der Waals surface area contributed by atoms with Gasteiger partial charge in [0.05, 0.1) is 16.7 Å². The summed E-state index contributed by atoms with van der Waals surface area (Å²) in [7, 11) is 0. The number of benzene rings is 1. The summed E-state index contributed by atoms with van der Waals surface area (Å²) >= 11 is 1.49. The van der Waals surface area contributed by atoms with E-state index < -0.39 is 17.7 Å². The second-order valence-electron chi connectivity index (χ2n) is 6.24. The first kappa shape index (κ1) is 19.7. The van der Waals surface area contributed by atoms with Gasteiger partial charge < -0.3 is 10.2 Å². The number of rotatable bonds is 4. The topological polar surface area (TPSA) is 73.2 Å². The Bertz CT molecular complexity index is 908. The first-order chi connectivity index (χ1) is 12.8. The van der Waals surface area contributed by atoms with Crippen LogP contribution in [0.4, 0.5) is 13.2 Å². The van der Waals surface area contributed by atoms with Crippen molar-refractivity contribution in [1.29, 1.82) is 0 Å². The lowest BCUT2D eigenvalue weighted by Gasteiger charge is -2.22. The van der Waals surface area contributed by atoms with Gasteiger partial charge in [-0.2, -0.15) is 24.9 Å². The Kier molecular flexibility index (Phi) is 5.75. The molecule has 2 aromatic rings. The minimum absolute atomic E-state index is 0.0112. The lowest BCUT2D eigenvalue weighted by atomic mass is 10.1. The Morgan fingerprint density at radius 1 is 1.37 bits per heavy atom. The number of aromatic nitrogens is 2. The van der Waals surface area contributed by atoms with Crippen molar-refractivity contribution in [2.75, 3.05) is 13.1 Å². The van der Waals surface area contributed by atoms with Crippen LogP contribution in [0, 0.1) is 6.92 Å². The number of carbonyl (C=O) groups is 1. The number of aryl methyl sites for hydroxylation is 1. The molecular formula is C17H18F3N3O3S. The number of hydrogen-bond acceptors (Lipinski definition) is 6. The van der Waals surface area contributed by atoms with Crippen molar-refractivity contribution in [1.82, 2.24) is 15.0 Å². The Morgan fingerprint density at radius 3 is 2.74 bits per heavy atom. The summed E-state index contributed by atoms with van der Waals surface area (Å²) in [5.74, 6) is -2.30. The lowest BCUT2D eigenvalue weighted by molar-refractivity contribution is -0.200. The second kappa shape index (κ2) is 7.89. The van der Waals surface area contributed by atoms with Gasteiger partial charge in [-0.3, -0.25) is 4.79 Å². The molecule has 0 radical (unpaired) electrons. The summed E-state index contributed by atoms with van der Waals surface area (Å²) in [5, 5.41) is 3.62. The molecule has 1 N–H and O–H groups in total. The van der Waals surface area contributed by atoms with Gasteiger partial charge in [0.2, 0.25) is 0 Å². The second-order valence-corrected chi connectivity index (χ2v) is 7.52. The number of thioether (sulfide) groups is 1. The molecule has 0 spiro atoms. The van der Waals surface area contributed by atoms with Crippen molar-refractivity contribution in [2.45, 2.75) is 36.9 Å². The predicted molar refractivity (Wildman–Crippen MR) is 95.6 cm³/mol. The van der Waals surface area contributed by atoms with Crippen LogP contribution in [0.1, 0.15) is 24.2 Å². The molecular weight excluding hydrogens is 383 g/mol. The van der Waals surface area contributed by atoms with Gasteiger partial charge in [0, 0.05) is 5.25 Å². The van der Waals surface area contributed by atoms with Crippen molar-refractivity contribution in [3.05, 3.63) is 39.9 Å². The number of carbonyl (C=O) groups excluding carboxylic acids is 1. The Labute approximate surface area is 157 Å². The summed E-state index contributed by atoms with van der Waals surface area (Å²) in [4.78, 5) is 32.7. The summed E-state index contributed by atoms with van der Waals surface area (Å²) in [5.41, 5.74) is 0.275. The molecule has 27 heavy (non-hydrogen) atoms. The van der Waals surface area contributed by atoms with Crippen molar-refractivity contribution in [3.8, 4) is 0 Å². The molecule has 1 aliphatic heterocycles. The van der Waals surface area contributed by atoms with Crippen LogP contribution in [0.2, 0.25) is 0 Å². The van der Waals surface area contributed by atoms with Crippen LogP contribution in [0.15, 0.2) is 23.0 Å². The van der Waals surface area contributed by atoms with Gasteiger partial charge in [0.1, 0.15) is 0 Å². The molecule has 1 saturated heterocycles. The zero-order valence-electron chi connectivity index (χ0n) is 14.5. The largest absolute Gasteiger partial charge is 0.493 e. The quantitative estimate of drug-likeness (QED) is 0.847. The van der Waals surface area contributed by atoms with E-state index in [0.717, 1.165) is 25.9 Å². The Morgan fingerprint density at radius 2 is 2.07 bits per heavy atom. The molecule has 146 valence electrons. The number of hydrogen-bond donors (Lipinski definition) is 1. The Hall–Kier alpha value is -2.07. The smallest absolute Gasteiger partial charge is 0.323 e. The minimum Gasteiger partial charge on any atom is -0.323 e. The van der Waals surface area contributed by atoms with Gasteiger partial charge in [0.15, 0.2) is 5.82 Å². The zero-order valence-corrected chi connectivity index (χ0v) is 15.3. The van der Waals surface area contributed by atoms with Gasteiger partial charge in [-0.05, 0) is 44.5 Å². The molecule has 0 bridgehead atoms. The van der Waals surface area contributed by atoms with Crippen LogP contribution < -0.4 is 15.7 Å². The van der Waals surface area contributed by atoms with Crippen LogP contribution in [-0.4, -0.2) is 40.2 Å². The summed E-state index contributed by atoms with van der Waals surface area (Å²) in [6.45, 7) is 3.47. The van der Waals surface area contributed by atoms with E-state index in [1.807, 2.05) is 0 Å². The fourth-order valence-corrected chi connectivity index (χ4v) is 3.99. The standard InChI is InChI=1S/C17H18F3N3O3S/c1-10-3-2-4-12-14(10)22-13(9-27-11-5-7-21-8-6-11)23(15(12)24)26-16(25)17(18,19)20/h2-4,11,21H,5-9H2,1H3. The number of nitrogens with one attached hydrogen (secondary N) is 1. The first-order valence-corrected chi connectivity index (χ1v) is 9.45. The highest BCUT2D eigenvalue weighted by atomic mass is 32.2. The maximum absolute atomic E-state index is 12.7. The fraction of sp³-hybridized carbons (Fsp3) is 0.471. The summed E-state index contributed by atoms with van der Waals surface area (Å²) < 4.78 is 38.3. The molecule has 6 nitrogen and oxygen atoms in total. The molecule has 0 saturated carbocycles. The van der Waals surface area contributed by atoms with E-state index in [0.29, 0.717) is 21.1 Å². The molecule has 0 amide bonds. The molecule has 0 unspecified atom stereocenters. The molecule has 1 aromatic carbocycles. The molecule has 1 aliphatic rings. The van der Waals surface area contributed by atoms with Crippen LogP contribution in [0.3, 0.4) is 0 Å². The molecule has 2 heterocycles. The fourth-order valence-electron chi connectivity index (χ4n) is 2.86. The van der Waals surface area contributed by atoms with E-state index in [1.54, 1.807) is 19.1 Å². The molecule has 0 atom stereocenters. The average Bonchev–Trinajstić information content (AvgIpc) is 2.63. The highest BCUT2D eigenvalue weighted by molar-refractivity contribution is 7.99. The Balaban J connectivity index is 1.99. The number of halogens is 3. The van der Waals surface area contributed by atoms with E-state index in [1.165, 1.54) is 17.8 Å². The number of piperidine rings is 1. The van der Waals surface area contributed by atoms with Gasteiger partial charge in [-0.25, -0.2) is 9.78 Å². The zero-order chi connectivity index (χ0) is 19.6.